The van der Waals surface area contributed by atoms with Gasteiger partial charge in [0.2, 0.25) is 0 Å². The van der Waals surface area contributed by atoms with E-state index in [0.717, 1.165) is 17.1 Å². The zero-order chi connectivity index (χ0) is 41.3. The van der Waals surface area contributed by atoms with Gasteiger partial charge in [0.1, 0.15) is 11.5 Å². The van der Waals surface area contributed by atoms with E-state index in [-0.39, 0.29) is 6.71 Å². The molecule has 2 aliphatic rings. The third-order valence-corrected chi connectivity index (χ3v) is 13.4. The quantitative estimate of drug-likeness (QED) is 0.163. The van der Waals surface area contributed by atoms with E-state index in [2.05, 4.69) is 194 Å². The highest BCUT2D eigenvalue weighted by Crippen LogP contribution is 2.44. The molecule has 0 amide bonds. The van der Waals surface area contributed by atoms with Crippen LogP contribution < -0.4 is 21.1 Å². The molecule has 0 fully saturated rings. The number of aryl methyl sites for hydroxylation is 9. The third kappa shape index (κ3) is 5.41. The number of hydrogen-bond acceptors (Lipinski definition) is 1. The van der Waals surface area contributed by atoms with Gasteiger partial charge in [-0.05, 0) is 193 Å². The van der Waals surface area contributed by atoms with Crippen molar-refractivity contribution >= 4 is 44.9 Å². The van der Waals surface area contributed by atoms with Crippen molar-refractivity contribution in [1.82, 2.24) is 4.57 Å². The van der Waals surface area contributed by atoms with Crippen molar-refractivity contribution in [3.05, 3.63) is 177 Å². The zero-order valence-electron chi connectivity index (χ0n) is 36.1. The van der Waals surface area contributed by atoms with E-state index in [1.165, 1.54) is 133 Å². The van der Waals surface area contributed by atoms with E-state index in [9.17, 15) is 0 Å². The Kier molecular flexibility index (Phi) is 8.04. The molecule has 8 aromatic carbocycles. The molecule has 1 aromatic heterocycles. The SMILES string of the molecule is Cc1cc(C)c(-c2cc3c4c(c2)-n2c5ccc(-c6c(C)cc(C)cc6C)cc5c5cc(-c6c(C)cc(C)cc6C)cc(c52)B4c2ccc(-c4ccccc4)cc2O3)c(C)c1. The minimum absolute atomic E-state index is 0.0239. The lowest BCUT2D eigenvalue weighted by Gasteiger charge is -2.34. The first-order valence-electron chi connectivity index (χ1n) is 21.4. The van der Waals surface area contributed by atoms with Crippen LogP contribution in [0.1, 0.15) is 50.1 Å². The number of fused-ring (bicyclic) bond motifs is 7. The highest BCUT2D eigenvalue weighted by Gasteiger charge is 2.41. The molecule has 2 nitrogen and oxygen atoms in total. The Morgan fingerprint density at radius 2 is 0.917 bits per heavy atom. The van der Waals surface area contributed by atoms with Gasteiger partial charge in [0.05, 0.1) is 5.52 Å². The fourth-order valence-electron chi connectivity index (χ4n) is 11.4. The highest BCUT2D eigenvalue weighted by molar-refractivity contribution is 6.99. The summed E-state index contributed by atoms with van der Waals surface area (Å²) in [5.41, 5.74) is 29.1. The van der Waals surface area contributed by atoms with Gasteiger partial charge in [-0.2, -0.15) is 0 Å². The van der Waals surface area contributed by atoms with Gasteiger partial charge in [-0.25, -0.2) is 0 Å². The van der Waals surface area contributed by atoms with E-state index < -0.39 is 0 Å². The van der Waals surface area contributed by atoms with Crippen LogP contribution >= 0.6 is 0 Å². The van der Waals surface area contributed by atoms with Crippen LogP contribution in [0, 0.1) is 62.3 Å². The highest BCUT2D eigenvalue weighted by atomic mass is 16.5. The van der Waals surface area contributed by atoms with Crippen molar-refractivity contribution in [3.63, 3.8) is 0 Å². The van der Waals surface area contributed by atoms with Gasteiger partial charge in [-0.1, -0.05) is 108 Å². The van der Waals surface area contributed by atoms with Crippen LogP contribution in [-0.4, -0.2) is 11.3 Å². The molecular weight excluding hydrogens is 725 g/mol. The molecule has 3 heterocycles. The molecule has 2 aliphatic heterocycles. The lowest BCUT2D eigenvalue weighted by molar-refractivity contribution is 0.487. The van der Waals surface area contributed by atoms with E-state index >= 15 is 0 Å². The Hall–Kier alpha value is -6.58. The minimum atomic E-state index is -0.0239. The molecule has 9 aromatic rings. The van der Waals surface area contributed by atoms with Crippen molar-refractivity contribution in [2.24, 2.45) is 0 Å². The van der Waals surface area contributed by atoms with Crippen LogP contribution in [0.4, 0.5) is 0 Å². The third-order valence-electron chi connectivity index (χ3n) is 13.4. The first kappa shape index (κ1) is 36.5. The van der Waals surface area contributed by atoms with Crippen molar-refractivity contribution < 1.29 is 4.74 Å². The molecule has 11 rings (SSSR count). The van der Waals surface area contributed by atoms with Crippen LogP contribution in [0.25, 0.3) is 72.0 Å². The summed E-state index contributed by atoms with van der Waals surface area (Å²) in [5, 5.41) is 2.56. The molecule has 3 heteroatoms. The molecule has 0 radical (unpaired) electrons. The Bertz CT molecular complexity index is 3260. The molecule has 0 saturated heterocycles. The van der Waals surface area contributed by atoms with Gasteiger partial charge in [-0.3, -0.25) is 0 Å². The number of rotatable bonds is 4. The smallest absolute Gasteiger partial charge is 0.256 e. The maximum absolute atomic E-state index is 7.22. The molecule has 0 spiro atoms. The second kappa shape index (κ2) is 13.2. The Balaban J connectivity index is 1.28. The van der Waals surface area contributed by atoms with Gasteiger partial charge in [0, 0.05) is 22.0 Å². The van der Waals surface area contributed by atoms with Crippen LogP contribution in [0.3, 0.4) is 0 Å². The maximum atomic E-state index is 7.22. The average molecular weight is 774 g/mol. The lowest BCUT2D eigenvalue weighted by atomic mass is 9.34. The first-order valence-corrected chi connectivity index (χ1v) is 21.4. The summed E-state index contributed by atoms with van der Waals surface area (Å²) < 4.78 is 9.79. The van der Waals surface area contributed by atoms with Crippen molar-refractivity contribution in [2.45, 2.75) is 62.3 Å². The van der Waals surface area contributed by atoms with Gasteiger partial charge in [0.15, 0.2) is 0 Å². The van der Waals surface area contributed by atoms with Crippen LogP contribution in [0.15, 0.2) is 127 Å². The zero-order valence-corrected chi connectivity index (χ0v) is 36.1. The van der Waals surface area contributed by atoms with E-state index in [4.69, 9.17) is 4.74 Å². The topological polar surface area (TPSA) is 14.2 Å². The summed E-state index contributed by atoms with van der Waals surface area (Å²) in [6.07, 6.45) is 0. The summed E-state index contributed by atoms with van der Waals surface area (Å²) in [5.74, 6) is 1.86. The van der Waals surface area contributed by atoms with Crippen molar-refractivity contribution in [1.29, 1.82) is 0 Å². The molecule has 60 heavy (non-hydrogen) atoms. The van der Waals surface area contributed by atoms with E-state index in [0.29, 0.717) is 0 Å². The van der Waals surface area contributed by atoms with E-state index in [1.807, 2.05) is 0 Å². The molecule has 290 valence electrons. The Morgan fingerprint density at radius 1 is 0.400 bits per heavy atom. The van der Waals surface area contributed by atoms with Crippen molar-refractivity contribution in [3.8, 4) is 61.7 Å². The minimum Gasteiger partial charge on any atom is -0.458 e. The molecule has 0 N–H and O–H groups in total. The second-order valence-electron chi connectivity index (χ2n) is 17.9. The molecule has 0 unspecified atom stereocenters. The Morgan fingerprint density at radius 3 is 1.52 bits per heavy atom. The first-order chi connectivity index (χ1) is 28.9. The maximum Gasteiger partial charge on any atom is 0.256 e. The lowest BCUT2D eigenvalue weighted by Crippen LogP contribution is -2.58. The van der Waals surface area contributed by atoms with Crippen molar-refractivity contribution in [2.75, 3.05) is 0 Å². The fourth-order valence-corrected chi connectivity index (χ4v) is 11.4. The summed E-state index contributed by atoms with van der Waals surface area (Å²) >= 11 is 0. The van der Waals surface area contributed by atoms with Gasteiger partial charge >= 0.3 is 0 Å². The normalized spacial score (nSPS) is 12.5. The van der Waals surface area contributed by atoms with Crippen LogP contribution in [-0.2, 0) is 0 Å². The molecular formula is C57H48BNO. The summed E-state index contributed by atoms with van der Waals surface area (Å²) in [6, 6.07) is 48.4. The molecule has 0 atom stereocenters. The van der Waals surface area contributed by atoms with Gasteiger partial charge < -0.3 is 9.30 Å². The fraction of sp³-hybridized carbons (Fsp3) is 0.158. The van der Waals surface area contributed by atoms with Crippen LogP contribution in [0.5, 0.6) is 11.5 Å². The summed E-state index contributed by atoms with van der Waals surface area (Å²) in [7, 11) is 0. The number of benzene rings is 8. The summed E-state index contributed by atoms with van der Waals surface area (Å²) in [4.78, 5) is 0. The predicted molar refractivity (Wildman–Crippen MR) is 256 cm³/mol. The number of nitrogens with zero attached hydrogens (tertiary/aromatic N) is 1. The number of aromatic nitrogens is 1. The number of ether oxygens (including phenoxy) is 1. The van der Waals surface area contributed by atoms with Gasteiger partial charge in [-0.15, -0.1) is 0 Å². The largest absolute Gasteiger partial charge is 0.458 e. The summed E-state index contributed by atoms with van der Waals surface area (Å²) in [6.45, 7) is 20.1. The van der Waals surface area contributed by atoms with Gasteiger partial charge in [0.25, 0.3) is 6.71 Å². The standard InChI is InChI=1S/C57H48BNO/c1-31-19-34(4)53(35(5)20-31)42-16-18-49-45(25-42)46-26-43(54-36(6)21-32(2)22-37(54)7)27-48-57(46)59(49)50-28-44(55-38(8)23-33(3)24-39(55)9)30-52-56(50)58(48)47-17-15-41(29-51(47)60-52)40-13-11-10-12-14-40/h10-30H,1-9H3. The van der Waals surface area contributed by atoms with Crippen LogP contribution in [0.2, 0.25) is 0 Å². The predicted octanol–water partition coefficient (Wildman–Crippen LogP) is 13.2. The van der Waals surface area contributed by atoms with E-state index in [1.54, 1.807) is 0 Å². The molecule has 0 saturated carbocycles. The number of hydrogen-bond donors (Lipinski definition) is 0. The monoisotopic (exact) mass is 773 g/mol. The Labute approximate surface area is 354 Å². The molecule has 0 bridgehead atoms. The molecule has 0 aliphatic carbocycles. The second-order valence-corrected chi connectivity index (χ2v) is 17.9. The average Bonchev–Trinajstić information content (AvgIpc) is 3.52.